The molecule has 0 aliphatic carbocycles. The molecule has 0 atom stereocenters. The molecule has 0 saturated carbocycles. The predicted molar refractivity (Wildman–Crippen MR) is 113 cm³/mol. The number of nitrogens with zero attached hydrogens (tertiary/aromatic N) is 4. The summed E-state index contributed by atoms with van der Waals surface area (Å²) in [6.45, 7) is 2.95. The van der Waals surface area contributed by atoms with E-state index in [1.54, 1.807) is 6.07 Å². The predicted octanol–water partition coefficient (Wildman–Crippen LogP) is 4.27. The summed E-state index contributed by atoms with van der Waals surface area (Å²) in [4.78, 5) is 16.3. The van der Waals surface area contributed by atoms with Crippen molar-refractivity contribution in [1.82, 2.24) is 15.1 Å². The van der Waals surface area contributed by atoms with Crippen LogP contribution in [0.5, 0.6) is 0 Å². The van der Waals surface area contributed by atoms with Gasteiger partial charge in [-0.25, -0.2) is 4.39 Å². The Balaban J connectivity index is 1.31. The highest BCUT2D eigenvalue weighted by molar-refractivity contribution is 7.13. The lowest BCUT2D eigenvalue weighted by Gasteiger charge is -2.35. The molecule has 32 heavy (non-hydrogen) atoms. The summed E-state index contributed by atoms with van der Waals surface area (Å²) >= 11 is 1.17. The Kier molecular flexibility index (Phi) is 6.38. The van der Waals surface area contributed by atoms with E-state index in [1.165, 1.54) is 47.7 Å². The lowest BCUT2D eigenvalue weighted by molar-refractivity contribution is -0.137. The fourth-order valence-electron chi connectivity index (χ4n) is 3.36. The number of piperazine rings is 1. The van der Waals surface area contributed by atoms with Gasteiger partial charge in [0.1, 0.15) is 10.8 Å². The Bertz CT molecular complexity index is 1080. The minimum absolute atomic E-state index is 0.201. The highest BCUT2D eigenvalue weighted by atomic mass is 32.1. The van der Waals surface area contributed by atoms with Crippen LogP contribution in [0.1, 0.15) is 20.4 Å². The van der Waals surface area contributed by atoms with Gasteiger partial charge in [0, 0.05) is 37.6 Å². The molecule has 1 saturated heterocycles. The average molecular weight is 465 g/mol. The molecule has 4 rings (SSSR count). The molecule has 1 aliphatic heterocycles. The molecular weight excluding hydrogens is 446 g/mol. The zero-order valence-electron chi connectivity index (χ0n) is 16.8. The van der Waals surface area contributed by atoms with E-state index in [9.17, 15) is 22.4 Å². The van der Waals surface area contributed by atoms with Gasteiger partial charge < -0.3 is 10.2 Å². The first-order valence-corrected chi connectivity index (χ1v) is 10.6. The third-order valence-corrected chi connectivity index (χ3v) is 5.94. The molecule has 11 heteroatoms. The van der Waals surface area contributed by atoms with Crippen LogP contribution in [0.3, 0.4) is 0 Å². The average Bonchev–Trinajstić information content (AvgIpc) is 3.24. The van der Waals surface area contributed by atoms with Crippen LogP contribution in [0.15, 0.2) is 48.5 Å². The fourth-order valence-corrected chi connectivity index (χ4v) is 4.14. The lowest BCUT2D eigenvalue weighted by Crippen LogP contribution is -2.46. The molecule has 2 heterocycles. The van der Waals surface area contributed by atoms with Crippen molar-refractivity contribution in [2.45, 2.75) is 12.7 Å². The molecular formula is C21H19F4N5OS. The zero-order valence-corrected chi connectivity index (χ0v) is 17.6. The van der Waals surface area contributed by atoms with Crippen molar-refractivity contribution in [3.8, 4) is 0 Å². The number of amides is 1. The topological polar surface area (TPSA) is 61.4 Å². The van der Waals surface area contributed by atoms with Gasteiger partial charge in [0.25, 0.3) is 5.91 Å². The molecule has 1 amide bonds. The quantitative estimate of drug-likeness (QED) is 0.571. The van der Waals surface area contributed by atoms with Gasteiger partial charge in [-0.05, 0) is 42.5 Å². The van der Waals surface area contributed by atoms with Crippen molar-refractivity contribution in [1.29, 1.82) is 0 Å². The van der Waals surface area contributed by atoms with Gasteiger partial charge in [-0.3, -0.25) is 9.69 Å². The number of halogens is 4. The van der Waals surface area contributed by atoms with Crippen LogP contribution in [0, 0.1) is 5.82 Å². The molecule has 2 aromatic carbocycles. The van der Waals surface area contributed by atoms with E-state index in [0.717, 1.165) is 6.07 Å². The molecule has 6 nitrogen and oxygen atoms in total. The second-order valence-corrected chi connectivity index (χ2v) is 8.34. The minimum atomic E-state index is -4.36. The molecule has 1 aromatic heterocycles. The number of alkyl halides is 3. The number of nitrogens with one attached hydrogen (secondary N) is 1. The van der Waals surface area contributed by atoms with Crippen LogP contribution >= 0.6 is 11.3 Å². The van der Waals surface area contributed by atoms with Gasteiger partial charge in [0.15, 0.2) is 0 Å². The van der Waals surface area contributed by atoms with Gasteiger partial charge in [-0.1, -0.05) is 17.4 Å². The first-order chi connectivity index (χ1) is 15.3. The number of rotatable bonds is 5. The van der Waals surface area contributed by atoms with Crippen molar-refractivity contribution >= 4 is 28.6 Å². The van der Waals surface area contributed by atoms with E-state index >= 15 is 0 Å². The zero-order chi connectivity index (χ0) is 22.7. The summed E-state index contributed by atoms with van der Waals surface area (Å²) in [5.41, 5.74) is 0.353. The second kappa shape index (κ2) is 9.21. The van der Waals surface area contributed by atoms with Crippen molar-refractivity contribution < 1.29 is 22.4 Å². The Hall–Kier alpha value is -3.05. The third-order valence-electron chi connectivity index (χ3n) is 5.03. The molecule has 3 aromatic rings. The van der Waals surface area contributed by atoms with E-state index < -0.39 is 23.5 Å². The number of carbonyl (C=O) groups is 1. The van der Waals surface area contributed by atoms with Gasteiger partial charge in [-0.2, -0.15) is 13.2 Å². The summed E-state index contributed by atoms with van der Waals surface area (Å²) in [7, 11) is 0. The van der Waals surface area contributed by atoms with Gasteiger partial charge >= 0.3 is 6.18 Å². The first kappa shape index (κ1) is 22.2. The standard InChI is InChI=1S/C21H19F4N5OS/c22-15-4-6-16(7-5-15)26-19(31)20-28-27-18(32-20)13-29-8-10-30(11-9-29)17-3-1-2-14(12-17)21(23,24)25/h1-7,12H,8-11,13H2,(H,26,31). The van der Waals surface area contributed by atoms with E-state index in [2.05, 4.69) is 20.4 Å². The molecule has 0 spiro atoms. The Labute approximate surface area is 185 Å². The number of carbonyl (C=O) groups excluding carboxylic acids is 1. The van der Waals surface area contributed by atoms with Crippen molar-refractivity contribution in [3.05, 3.63) is 69.9 Å². The van der Waals surface area contributed by atoms with Crippen molar-refractivity contribution in [2.24, 2.45) is 0 Å². The first-order valence-electron chi connectivity index (χ1n) is 9.82. The summed E-state index contributed by atoms with van der Waals surface area (Å²) in [6, 6.07) is 10.8. The Morgan fingerprint density at radius 1 is 1.03 bits per heavy atom. The van der Waals surface area contributed by atoms with E-state index in [-0.39, 0.29) is 5.01 Å². The number of benzene rings is 2. The number of aromatic nitrogens is 2. The largest absolute Gasteiger partial charge is 0.416 e. The highest BCUT2D eigenvalue weighted by Gasteiger charge is 2.31. The van der Waals surface area contributed by atoms with Gasteiger partial charge in [-0.15, -0.1) is 10.2 Å². The van der Waals surface area contributed by atoms with Crippen LogP contribution in [0.2, 0.25) is 0 Å². The molecule has 1 N–H and O–H groups in total. The highest BCUT2D eigenvalue weighted by Crippen LogP contribution is 2.32. The normalized spacial score (nSPS) is 15.1. The number of anilines is 2. The van der Waals surface area contributed by atoms with E-state index in [1.807, 2.05) is 4.90 Å². The number of hydrogen-bond acceptors (Lipinski definition) is 6. The smallest absolute Gasteiger partial charge is 0.369 e. The van der Waals surface area contributed by atoms with E-state index in [0.29, 0.717) is 49.1 Å². The van der Waals surface area contributed by atoms with Crippen molar-refractivity contribution in [3.63, 3.8) is 0 Å². The number of hydrogen-bond donors (Lipinski definition) is 1. The van der Waals surface area contributed by atoms with Crippen LogP contribution in [0.25, 0.3) is 0 Å². The van der Waals surface area contributed by atoms with Crippen LogP contribution in [-0.2, 0) is 12.7 Å². The van der Waals surface area contributed by atoms with Gasteiger partial charge in [0.2, 0.25) is 5.01 Å². The van der Waals surface area contributed by atoms with Gasteiger partial charge in [0.05, 0.1) is 12.1 Å². The Morgan fingerprint density at radius 2 is 1.75 bits per heavy atom. The van der Waals surface area contributed by atoms with E-state index in [4.69, 9.17) is 0 Å². The maximum atomic E-state index is 13.0. The summed E-state index contributed by atoms with van der Waals surface area (Å²) in [5.74, 6) is -0.816. The van der Waals surface area contributed by atoms with Crippen LogP contribution in [0.4, 0.5) is 28.9 Å². The molecule has 1 aliphatic rings. The minimum Gasteiger partial charge on any atom is -0.369 e. The second-order valence-electron chi connectivity index (χ2n) is 7.27. The van der Waals surface area contributed by atoms with Crippen LogP contribution in [-0.4, -0.2) is 47.2 Å². The third kappa shape index (κ3) is 5.40. The lowest BCUT2D eigenvalue weighted by atomic mass is 10.1. The molecule has 0 bridgehead atoms. The monoisotopic (exact) mass is 465 g/mol. The molecule has 0 unspecified atom stereocenters. The molecule has 168 valence electrons. The Morgan fingerprint density at radius 3 is 2.44 bits per heavy atom. The summed E-state index contributed by atoms with van der Waals surface area (Å²) in [5, 5.41) is 11.5. The SMILES string of the molecule is O=C(Nc1ccc(F)cc1)c1nnc(CN2CCN(c3cccc(C(F)(F)F)c3)CC2)s1. The maximum absolute atomic E-state index is 13.0. The summed E-state index contributed by atoms with van der Waals surface area (Å²) < 4.78 is 51.8. The summed E-state index contributed by atoms with van der Waals surface area (Å²) in [6.07, 6.45) is -4.36. The van der Waals surface area contributed by atoms with Crippen LogP contribution < -0.4 is 10.2 Å². The molecule has 1 fully saturated rings. The van der Waals surface area contributed by atoms with Crippen molar-refractivity contribution in [2.75, 3.05) is 36.4 Å². The maximum Gasteiger partial charge on any atom is 0.416 e. The molecule has 0 radical (unpaired) electrons. The fraction of sp³-hybridized carbons (Fsp3) is 0.286.